The summed E-state index contributed by atoms with van der Waals surface area (Å²) in [6.45, 7) is 0. The van der Waals surface area contributed by atoms with E-state index in [4.69, 9.17) is 0 Å². The van der Waals surface area contributed by atoms with Crippen molar-refractivity contribution < 1.29 is 0 Å². The maximum absolute atomic E-state index is 2.28. The van der Waals surface area contributed by atoms with Gasteiger partial charge in [-0.1, -0.05) is 66.7 Å². The highest BCUT2D eigenvalue weighted by molar-refractivity contribution is 7.80. The molecule has 2 nitrogen and oxygen atoms in total. The average molecular weight is 348 g/mol. The number of hydrogen-bond acceptors (Lipinski definition) is 2. The van der Waals surface area contributed by atoms with E-state index in [2.05, 4.69) is 117 Å². The molecule has 0 aliphatic heterocycles. The molecule has 3 rings (SSSR count). The molecule has 128 valence electrons. The van der Waals surface area contributed by atoms with Crippen molar-refractivity contribution in [3.8, 4) is 0 Å². The van der Waals surface area contributed by atoms with Crippen molar-refractivity contribution in [1.82, 2.24) is 0 Å². The highest BCUT2D eigenvalue weighted by Gasteiger charge is 2.23. The van der Waals surface area contributed by atoms with Crippen molar-refractivity contribution in [2.75, 3.05) is 38.0 Å². The lowest BCUT2D eigenvalue weighted by atomic mass is 10.3. The van der Waals surface area contributed by atoms with E-state index in [0.717, 1.165) is 0 Å². The van der Waals surface area contributed by atoms with Gasteiger partial charge in [0.2, 0.25) is 0 Å². The number of para-hydroxylation sites is 2. The van der Waals surface area contributed by atoms with Crippen LogP contribution in [0.5, 0.6) is 0 Å². The molecule has 0 unspecified atom stereocenters. The molecule has 0 fully saturated rings. The molecule has 25 heavy (non-hydrogen) atoms. The van der Waals surface area contributed by atoms with E-state index in [1.54, 1.807) is 0 Å². The Morgan fingerprint density at radius 1 is 0.520 bits per heavy atom. The smallest absolute Gasteiger partial charge is 0.0445 e. The van der Waals surface area contributed by atoms with E-state index >= 15 is 0 Å². The summed E-state index contributed by atoms with van der Waals surface area (Å²) in [6, 6.07) is 28.4. The number of hydrogen-bond donors (Lipinski definition) is 0. The molecular formula is C22H25N2P. The van der Waals surface area contributed by atoms with Crippen LogP contribution in [0.25, 0.3) is 0 Å². The zero-order valence-electron chi connectivity index (χ0n) is 15.3. The quantitative estimate of drug-likeness (QED) is 0.651. The zero-order chi connectivity index (χ0) is 17.8. The van der Waals surface area contributed by atoms with Crippen LogP contribution < -0.4 is 25.7 Å². The second kappa shape index (κ2) is 7.72. The molecule has 0 N–H and O–H groups in total. The molecule has 0 aliphatic carbocycles. The zero-order valence-corrected chi connectivity index (χ0v) is 16.2. The third-order valence-electron chi connectivity index (χ3n) is 4.22. The molecule has 3 aromatic rings. The van der Waals surface area contributed by atoms with Crippen LogP contribution in [-0.2, 0) is 0 Å². The first-order chi connectivity index (χ1) is 12.1. The molecule has 0 amide bonds. The van der Waals surface area contributed by atoms with Crippen molar-refractivity contribution in [3.05, 3.63) is 78.9 Å². The van der Waals surface area contributed by atoms with E-state index in [1.165, 1.54) is 27.3 Å². The largest absolute Gasteiger partial charge is 0.377 e. The van der Waals surface area contributed by atoms with Crippen LogP contribution in [0.2, 0.25) is 0 Å². The van der Waals surface area contributed by atoms with Crippen LogP contribution in [-0.4, -0.2) is 28.2 Å². The predicted octanol–water partition coefficient (Wildman–Crippen LogP) is 3.58. The first kappa shape index (κ1) is 17.5. The van der Waals surface area contributed by atoms with Gasteiger partial charge in [0.05, 0.1) is 0 Å². The van der Waals surface area contributed by atoms with E-state index in [9.17, 15) is 0 Å². The Balaban J connectivity index is 2.27. The van der Waals surface area contributed by atoms with Crippen molar-refractivity contribution in [3.63, 3.8) is 0 Å². The highest BCUT2D eigenvalue weighted by Crippen LogP contribution is 2.39. The van der Waals surface area contributed by atoms with Crippen LogP contribution in [0.3, 0.4) is 0 Å². The van der Waals surface area contributed by atoms with Gasteiger partial charge in [0, 0.05) is 50.2 Å². The minimum Gasteiger partial charge on any atom is -0.377 e. The number of nitrogens with zero attached hydrogens (tertiary/aromatic N) is 2. The molecule has 0 heterocycles. The van der Waals surface area contributed by atoms with Crippen LogP contribution in [0.1, 0.15) is 0 Å². The Kier molecular flexibility index (Phi) is 5.40. The number of benzene rings is 3. The lowest BCUT2D eigenvalue weighted by molar-refractivity contribution is 1.14. The molecule has 0 saturated heterocycles. The summed E-state index contributed by atoms with van der Waals surface area (Å²) in [5.41, 5.74) is 2.57. The van der Waals surface area contributed by atoms with Gasteiger partial charge in [0.1, 0.15) is 0 Å². The third-order valence-corrected chi connectivity index (χ3v) is 6.76. The highest BCUT2D eigenvalue weighted by atomic mass is 31.1. The molecule has 0 aromatic heterocycles. The first-order valence-corrected chi connectivity index (χ1v) is 9.81. The molecule has 0 spiro atoms. The summed E-state index contributed by atoms with van der Waals surface area (Å²) in [4.78, 5) is 4.43. The van der Waals surface area contributed by atoms with Crippen LogP contribution in [0.15, 0.2) is 78.9 Å². The summed E-state index contributed by atoms with van der Waals surface area (Å²) in [6.07, 6.45) is 0. The minimum atomic E-state index is -0.636. The van der Waals surface area contributed by atoms with Gasteiger partial charge >= 0.3 is 0 Å². The lowest BCUT2D eigenvalue weighted by Gasteiger charge is -2.28. The fraction of sp³-hybridized carbons (Fsp3) is 0.182. The van der Waals surface area contributed by atoms with Gasteiger partial charge in [-0.3, -0.25) is 0 Å². The predicted molar refractivity (Wildman–Crippen MR) is 114 cm³/mol. The molecule has 0 bridgehead atoms. The molecule has 0 radical (unpaired) electrons. The Morgan fingerprint density at radius 3 is 1.36 bits per heavy atom. The molecule has 0 saturated carbocycles. The molecule has 3 aromatic carbocycles. The SMILES string of the molecule is CN(C)c1ccccc1P(c1ccccc1)c1ccccc1N(C)C. The molecule has 0 aliphatic rings. The normalized spacial score (nSPS) is 10.8. The van der Waals surface area contributed by atoms with E-state index in [1.807, 2.05) is 0 Å². The van der Waals surface area contributed by atoms with Gasteiger partial charge in [-0.2, -0.15) is 0 Å². The van der Waals surface area contributed by atoms with Crippen molar-refractivity contribution in [2.24, 2.45) is 0 Å². The summed E-state index contributed by atoms with van der Waals surface area (Å²) in [7, 11) is 7.85. The molecular weight excluding hydrogens is 323 g/mol. The van der Waals surface area contributed by atoms with Crippen molar-refractivity contribution in [2.45, 2.75) is 0 Å². The Hall–Kier alpha value is -2.31. The summed E-state index contributed by atoms with van der Waals surface area (Å²) in [5.74, 6) is 0. The second-order valence-electron chi connectivity index (χ2n) is 6.44. The fourth-order valence-electron chi connectivity index (χ4n) is 3.05. The summed E-state index contributed by atoms with van der Waals surface area (Å²) in [5, 5.41) is 4.16. The summed E-state index contributed by atoms with van der Waals surface area (Å²) >= 11 is 0. The summed E-state index contributed by atoms with van der Waals surface area (Å²) < 4.78 is 0. The third kappa shape index (κ3) is 3.70. The maximum atomic E-state index is 2.28. The van der Waals surface area contributed by atoms with Gasteiger partial charge in [-0.05, 0) is 25.4 Å². The lowest BCUT2D eigenvalue weighted by Crippen LogP contribution is -2.28. The van der Waals surface area contributed by atoms with Gasteiger partial charge in [-0.15, -0.1) is 0 Å². The van der Waals surface area contributed by atoms with Crippen LogP contribution in [0.4, 0.5) is 11.4 Å². The van der Waals surface area contributed by atoms with Gasteiger partial charge < -0.3 is 9.80 Å². The molecule has 0 atom stereocenters. The topological polar surface area (TPSA) is 6.48 Å². The van der Waals surface area contributed by atoms with E-state index in [-0.39, 0.29) is 0 Å². The van der Waals surface area contributed by atoms with E-state index in [0.29, 0.717) is 0 Å². The first-order valence-electron chi connectivity index (χ1n) is 8.47. The number of anilines is 2. The van der Waals surface area contributed by atoms with Crippen molar-refractivity contribution >= 4 is 35.2 Å². The Labute approximate surface area is 152 Å². The van der Waals surface area contributed by atoms with Gasteiger partial charge in [0.25, 0.3) is 0 Å². The fourth-order valence-corrected chi connectivity index (χ4v) is 5.81. The van der Waals surface area contributed by atoms with Gasteiger partial charge in [-0.25, -0.2) is 0 Å². The monoisotopic (exact) mass is 348 g/mol. The van der Waals surface area contributed by atoms with Crippen LogP contribution in [0, 0.1) is 0 Å². The van der Waals surface area contributed by atoms with Gasteiger partial charge in [0.15, 0.2) is 0 Å². The Morgan fingerprint density at radius 2 is 0.920 bits per heavy atom. The maximum Gasteiger partial charge on any atom is 0.0445 e. The standard InChI is InChI=1S/C22H25N2P/c1-23(2)19-14-8-10-16-21(19)25(18-12-6-5-7-13-18)22-17-11-9-15-20(22)24(3)4/h5-17H,1-4H3. The number of rotatable bonds is 5. The molecule has 3 heteroatoms. The average Bonchev–Trinajstić information content (AvgIpc) is 2.63. The Bertz CT molecular complexity index is 777. The minimum absolute atomic E-state index is 0.636. The van der Waals surface area contributed by atoms with E-state index < -0.39 is 7.92 Å². The van der Waals surface area contributed by atoms with Crippen molar-refractivity contribution in [1.29, 1.82) is 0 Å². The van der Waals surface area contributed by atoms with Crippen LogP contribution >= 0.6 is 7.92 Å². The second-order valence-corrected chi connectivity index (χ2v) is 8.59.